The summed E-state index contributed by atoms with van der Waals surface area (Å²) in [4.78, 5) is 26.3. The van der Waals surface area contributed by atoms with Crippen molar-refractivity contribution in [3.63, 3.8) is 0 Å². The average Bonchev–Trinajstić information content (AvgIpc) is 2.54. The van der Waals surface area contributed by atoms with E-state index < -0.39 is 6.04 Å². The van der Waals surface area contributed by atoms with Crippen LogP contribution >= 0.6 is 12.4 Å². The molecule has 1 aliphatic heterocycles. The summed E-state index contributed by atoms with van der Waals surface area (Å²) in [5.74, 6) is -0.423. The van der Waals surface area contributed by atoms with E-state index in [4.69, 9.17) is 11.5 Å². The van der Waals surface area contributed by atoms with Crippen LogP contribution in [0.2, 0.25) is 0 Å². The SMILES string of the molecule is CC(C)(C)[C@H](N)C(=O)N1CCC(C(C(N)=O)c2ccccc2)CC1.Cl. The first-order chi connectivity index (χ1) is 11.2. The number of primary amides is 1. The van der Waals surface area contributed by atoms with E-state index in [-0.39, 0.29) is 41.5 Å². The predicted octanol–water partition coefficient (Wildman–Crippen LogP) is 2.29. The van der Waals surface area contributed by atoms with Crippen LogP contribution in [0.3, 0.4) is 0 Å². The molecule has 1 heterocycles. The summed E-state index contributed by atoms with van der Waals surface area (Å²) >= 11 is 0. The number of rotatable bonds is 4. The zero-order valence-electron chi connectivity index (χ0n) is 15.3. The van der Waals surface area contributed by atoms with Gasteiger partial charge in [-0.15, -0.1) is 12.4 Å². The van der Waals surface area contributed by atoms with Gasteiger partial charge in [0, 0.05) is 13.1 Å². The Bertz CT molecular complexity index is 578. The fraction of sp³-hybridized carbons (Fsp3) is 0.579. The molecular weight excluding hydrogens is 338 g/mol. The van der Waals surface area contributed by atoms with Gasteiger partial charge in [-0.25, -0.2) is 0 Å². The minimum atomic E-state index is -0.505. The zero-order chi connectivity index (χ0) is 17.9. The van der Waals surface area contributed by atoms with Gasteiger partial charge in [0.2, 0.25) is 11.8 Å². The maximum Gasteiger partial charge on any atom is 0.240 e. The number of benzene rings is 1. The minimum absolute atomic E-state index is 0. The minimum Gasteiger partial charge on any atom is -0.369 e. The lowest BCUT2D eigenvalue weighted by Crippen LogP contribution is -2.52. The second-order valence-electron chi connectivity index (χ2n) is 7.80. The van der Waals surface area contributed by atoms with Gasteiger partial charge >= 0.3 is 0 Å². The van der Waals surface area contributed by atoms with E-state index in [1.165, 1.54) is 0 Å². The number of nitrogens with two attached hydrogens (primary N) is 2. The summed E-state index contributed by atoms with van der Waals surface area (Å²) in [6.45, 7) is 7.18. The Kier molecular flexibility index (Phi) is 7.44. The lowest BCUT2D eigenvalue weighted by molar-refractivity contribution is -0.136. The van der Waals surface area contributed by atoms with Gasteiger partial charge in [-0.3, -0.25) is 9.59 Å². The molecule has 0 saturated carbocycles. The van der Waals surface area contributed by atoms with Gasteiger partial charge in [-0.1, -0.05) is 51.1 Å². The van der Waals surface area contributed by atoms with E-state index in [0.29, 0.717) is 13.1 Å². The molecule has 0 spiro atoms. The largest absolute Gasteiger partial charge is 0.369 e. The van der Waals surface area contributed by atoms with Crippen LogP contribution in [0.4, 0.5) is 0 Å². The Morgan fingerprint density at radius 2 is 1.64 bits per heavy atom. The van der Waals surface area contributed by atoms with Crippen molar-refractivity contribution < 1.29 is 9.59 Å². The quantitative estimate of drug-likeness (QED) is 0.855. The molecule has 0 bridgehead atoms. The van der Waals surface area contributed by atoms with Gasteiger partial charge in [-0.2, -0.15) is 0 Å². The highest BCUT2D eigenvalue weighted by Gasteiger charge is 2.36. The van der Waals surface area contributed by atoms with Gasteiger partial charge in [0.15, 0.2) is 0 Å². The normalized spacial score (nSPS) is 18.2. The van der Waals surface area contributed by atoms with Crippen molar-refractivity contribution in [1.82, 2.24) is 4.90 Å². The molecule has 2 rings (SSSR count). The Morgan fingerprint density at radius 3 is 2.08 bits per heavy atom. The first-order valence-corrected chi connectivity index (χ1v) is 8.60. The number of hydrogen-bond donors (Lipinski definition) is 2. The highest BCUT2D eigenvalue weighted by atomic mass is 35.5. The number of likely N-dealkylation sites (tertiary alicyclic amines) is 1. The molecular formula is C19H30ClN3O2. The molecule has 2 amide bonds. The molecule has 4 N–H and O–H groups in total. The standard InChI is InChI=1S/C19H29N3O2.ClH/c1-19(2,3)16(20)18(24)22-11-9-14(10-12-22)15(17(21)23)13-7-5-4-6-8-13;/h4-8,14-16H,9-12,20H2,1-3H3,(H2,21,23);1H/t15?,16-;/m1./s1. The molecule has 0 aromatic heterocycles. The summed E-state index contributed by atoms with van der Waals surface area (Å²) in [5, 5.41) is 0. The van der Waals surface area contributed by atoms with Crippen molar-refractivity contribution in [1.29, 1.82) is 0 Å². The van der Waals surface area contributed by atoms with Crippen LogP contribution in [0.25, 0.3) is 0 Å². The van der Waals surface area contributed by atoms with Crippen LogP contribution in [0.1, 0.15) is 45.1 Å². The topological polar surface area (TPSA) is 89.4 Å². The Balaban J connectivity index is 0.00000312. The molecule has 2 atom stereocenters. The molecule has 1 saturated heterocycles. The molecule has 1 aliphatic rings. The molecule has 1 aromatic rings. The summed E-state index contributed by atoms with van der Waals surface area (Å²) in [7, 11) is 0. The Hall–Kier alpha value is -1.59. The van der Waals surface area contributed by atoms with E-state index in [0.717, 1.165) is 18.4 Å². The third-order valence-corrected chi connectivity index (χ3v) is 4.99. The number of piperidine rings is 1. The van der Waals surface area contributed by atoms with Crippen LogP contribution < -0.4 is 11.5 Å². The maximum absolute atomic E-state index is 12.5. The molecule has 140 valence electrons. The predicted molar refractivity (Wildman–Crippen MR) is 102 cm³/mol. The van der Waals surface area contributed by atoms with Crippen molar-refractivity contribution in [2.24, 2.45) is 22.8 Å². The lowest BCUT2D eigenvalue weighted by atomic mass is 9.79. The highest BCUT2D eigenvalue weighted by molar-refractivity contribution is 5.85. The van der Waals surface area contributed by atoms with Gasteiger partial charge in [-0.05, 0) is 29.7 Å². The number of halogens is 1. The second-order valence-corrected chi connectivity index (χ2v) is 7.80. The fourth-order valence-electron chi connectivity index (χ4n) is 3.35. The Labute approximate surface area is 156 Å². The van der Waals surface area contributed by atoms with Crippen molar-refractivity contribution in [2.45, 2.75) is 45.6 Å². The fourth-order valence-corrected chi connectivity index (χ4v) is 3.35. The third kappa shape index (κ3) is 5.19. The summed E-state index contributed by atoms with van der Waals surface area (Å²) in [5.41, 5.74) is 12.5. The summed E-state index contributed by atoms with van der Waals surface area (Å²) < 4.78 is 0. The second kappa shape index (κ2) is 8.68. The van der Waals surface area contributed by atoms with E-state index in [9.17, 15) is 9.59 Å². The molecule has 25 heavy (non-hydrogen) atoms. The van der Waals surface area contributed by atoms with Gasteiger partial charge in [0.05, 0.1) is 12.0 Å². The monoisotopic (exact) mass is 367 g/mol. The van der Waals surface area contributed by atoms with Crippen molar-refractivity contribution in [2.75, 3.05) is 13.1 Å². The zero-order valence-corrected chi connectivity index (χ0v) is 16.1. The van der Waals surface area contributed by atoms with Crippen LogP contribution in [-0.4, -0.2) is 35.8 Å². The Morgan fingerprint density at radius 1 is 1.12 bits per heavy atom. The number of hydrogen-bond acceptors (Lipinski definition) is 3. The molecule has 0 aliphatic carbocycles. The number of carbonyl (C=O) groups is 2. The molecule has 5 nitrogen and oxygen atoms in total. The molecule has 1 unspecified atom stereocenters. The van der Waals surface area contributed by atoms with Crippen LogP contribution in [0, 0.1) is 11.3 Å². The van der Waals surface area contributed by atoms with Crippen molar-refractivity contribution in [3.05, 3.63) is 35.9 Å². The lowest BCUT2D eigenvalue weighted by Gasteiger charge is -2.38. The summed E-state index contributed by atoms with van der Waals surface area (Å²) in [6, 6.07) is 9.16. The molecule has 6 heteroatoms. The molecule has 0 radical (unpaired) electrons. The molecule has 1 aromatic carbocycles. The van der Waals surface area contributed by atoms with Crippen LogP contribution in [0.5, 0.6) is 0 Å². The first kappa shape index (κ1) is 21.5. The number of nitrogens with zero attached hydrogens (tertiary/aromatic N) is 1. The van der Waals surface area contributed by atoms with Gasteiger partial charge < -0.3 is 16.4 Å². The number of carbonyl (C=O) groups excluding carboxylic acids is 2. The van der Waals surface area contributed by atoms with Gasteiger partial charge in [0.25, 0.3) is 0 Å². The molecule has 1 fully saturated rings. The van der Waals surface area contributed by atoms with E-state index in [1.54, 1.807) is 0 Å². The van der Waals surface area contributed by atoms with Crippen LogP contribution in [0.15, 0.2) is 30.3 Å². The van der Waals surface area contributed by atoms with Crippen LogP contribution in [-0.2, 0) is 9.59 Å². The smallest absolute Gasteiger partial charge is 0.240 e. The van der Waals surface area contributed by atoms with Crippen molar-refractivity contribution in [3.8, 4) is 0 Å². The van der Waals surface area contributed by atoms with E-state index in [1.807, 2.05) is 56.0 Å². The highest BCUT2D eigenvalue weighted by Crippen LogP contribution is 2.33. The van der Waals surface area contributed by atoms with E-state index >= 15 is 0 Å². The van der Waals surface area contributed by atoms with Crippen molar-refractivity contribution >= 4 is 24.2 Å². The summed E-state index contributed by atoms with van der Waals surface area (Å²) in [6.07, 6.45) is 1.54. The van der Waals surface area contributed by atoms with E-state index in [2.05, 4.69) is 0 Å². The van der Waals surface area contributed by atoms with Gasteiger partial charge in [0.1, 0.15) is 0 Å². The average molecular weight is 368 g/mol. The maximum atomic E-state index is 12.5. The first-order valence-electron chi connectivity index (χ1n) is 8.60. The third-order valence-electron chi connectivity index (χ3n) is 4.99. The number of amides is 2.